The van der Waals surface area contributed by atoms with E-state index in [1.807, 2.05) is 10.7 Å². The molecule has 1 heterocycles. The zero-order valence-corrected chi connectivity index (χ0v) is 17.0. The first kappa shape index (κ1) is 16.4. The van der Waals surface area contributed by atoms with E-state index in [0.29, 0.717) is 11.3 Å². The molecule has 6 rings (SSSR count). The van der Waals surface area contributed by atoms with E-state index in [-0.39, 0.29) is 16.4 Å². The van der Waals surface area contributed by atoms with Gasteiger partial charge in [-0.05, 0) is 52.8 Å². The Balaban J connectivity index is 1.55. The van der Waals surface area contributed by atoms with Crippen molar-refractivity contribution in [3.63, 3.8) is 0 Å². The van der Waals surface area contributed by atoms with Gasteiger partial charge >= 0.3 is 0 Å². The highest BCUT2D eigenvalue weighted by atomic mass is 16.1. The van der Waals surface area contributed by atoms with E-state index in [4.69, 9.17) is 0 Å². The summed E-state index contributed by atoms with van der Waals surface area (Å²) >= 11 is 0. The van der Waals surface area contributed by atoms with Gasteiger partial charge in [-0.15, -0.1) is 0 Å². The molecule has 0 bridgehead atoms. The molecule has 28 heavy (non-hydrogen) atoms. The number of hydrogen-bond acceptors (Lipinski definition) is 1. The summed E-state index contributed by atoms with van der Waals surface area (Å²) in [5, 5.41) is 0. The van der Waals surface area contributed by atoms with Crippen LogP contribution in [0.4, 0.5) is 0 Å². The maximum atomic E-state index is 13.6. The zero-order chi connectivity index (χ0) is 19.5. The maximum absolute atomic E-state index is 13.6. The number of fused-ring (bicyclic) bond motifs is 3. The Bertz CT molecular complexity index is 1200. The third-order valence-corrected chi connectivity index (χ3v) is 8.94. The van der Waals surface area contributed by atoms with Crippen molar-refractivity contribution >= 4 is 0 Å². The van der Waals surface area contributed by atoms with Gasteiger partial charge < -0.3 is 0 Å². The van der Waals surface area contributed by atoms with Crippen molar-refractivity contribution in [1.82, 2.24) is 9.36 Å². The largest absolute Gasteiger partial charge is 0.284 e. The molecular weight excluding hydrogens is 344 g/mol. The van der Waals surface area contributed by atoms with Crippen LogP contribution in [0.25, 0.3) is 16.8 Å². The van der Waals surface area contributed by atoms with Crippen molar-refractivity contribution < 1.29 is 0 Å². The molecule has 0 aliphatic heterocycles. The van der Waals surface area contributed by atoms with Crippen molar-refractivity contribution in [1.29, 1.82) is 0 Å². The first-order valence-corrected chi connectivity index (χ1v) is 10.3. The quantitative estimate of drug-likeness (QED) is 0.622. The Morgan fingerprint density at radius 1 is 0.964 bits per heavy atom. The van der Waals surface area contributed by atoms with E-state index in [9.17, 15) is 4.79 Å². The van der Waals surface area contributed by atoms with Gasteiger partial charge in [-0.3, -0.25) is 9.48 Å². The predicted molar refractivity (Wildman–Crippen MR) is 112 cm³/mol. The van der Waals surface area contributed by atoms with Crippen molar-refractivity contribution in [3.05, 3.63) is 76.2 Å². The number of nitrogens with zero attached hydrogens (tertiary/aromatic N) is 2. The fourth-order valence-corrected chi connectivity index (χ4v) is 7.33. The molecule has 2 aromatic carbocycles. The SMILES string of the molecule is Cn1c2c(c(=O)n1-c1cccc(-c3ccccc3)c1)[C@H]1CCC13C(C)(C)[C@]23C. The number of rotatable bonds is 2. The standard InChI is InChI=1S/C25H26N2O/c1-23(2)24(3)21-20(19-13-14-25(19,23)24)22(28)27(26(21)4)18-12-8-11-17(15-18)16-9-6-5-7-10-16/h5-12,15,19H,13-14H2,1-4H3/t19-,24+,25?/m1/s1. The van der Waals surface area contributed by atoms with Gasteiger partial charge in [-0.1, -0.05) is 63.2 Å². The summed E-state index contributed by atoms with van der Waals surface area (Å²) < 4.78 is 4.07. The second-order valence-corrected chi connectivity index (χ2v) is 9.63. The molecule has 3 aliphatic rings. The van der Waals surface area contributed by atoms with Gasteiger partial charge in [0.15, 0.2) is 0 Å². The van der Waals surface area contributed by atoms with E-state index in [1.54, 1.807) is 0 Å². The molecular formula is C25H26N2O. The second kappa shape index (κ2) is 4.71. The molecule has 2 saturated carbocycles. The highest BCUT2D eigenvalue weighted by molar-refractivity contribution is 5.66. The van der Waals surface area contributed by atoms with Crippen LogP contribution < -0.4 is 5.56 Å². The van der Waals surface area contributed by atoms with E-state index in [0.717, 1.165) is 23.2 Å². The van der Waals surface area contributed by atoms with Crippen LogP contribution in [0.2, 0.25) is 0 Å². The Labute approximate surface area is 165 Å². The Hall–Kier alpha value is -2.55. The average Bonchev–Trinajstić information content (AvgIpc) is 2.84. The maximum Gasteiger partial charge on any atom is 0.275 e. The first-order chi connectivity index (χ1) is 13.4. The lowest BCUT2D eigenvalue weighted by Crippen LogP contribution is -2.33. The van der Waals surface area contributed by atoms with Gasteiger partial charge in [0.05, 0.1) is 11.4 Å². The van der Waals surface area contributed by atoms with Crippen LogP contribution >= 0.6 is 0 Å². The third kappa shape index (κ3) is 1.44. The van der Waals surface area contributed by atoms with Gasteiger partial charge in [0.2, 0.25) is 0 Å². The highest BCUT2D eigenvalue weighted by Gasteiger charge is 2.89. The van der Waals surface area contributed by atoms with Gasteiger partial charge in [0, 0.05) is 18.0 Å². The zero-order valence-electron chi connectivity index (χ0n) is 17.0. The van der Waals surface area contributed by atoms with Crippen molar-refractivity contribution in [2.75, 3.05) is 0 Å². The fraction of sp³-hybridized carbons (Fsp3) is 0.400. The van der Waals surface area contributed by atoms with Crippen molar-refractivity contribution in [2.45, 2.75) is 44.9 Å². The molecule has 1 aromatic heterocycles. The van der Waals surface area contributed by atoms with Crippen LogP contribution in [-0.4, -0.2) is 9.36 Å². The Morgan fingerprint density at radius 3 is 2.36 bits per heavy atom. The van der Waals surface area contributed by atoms with Crippen LogP contribution in [0, 0.1) is 10.8 Å². The number of hydrogen-bond donors (Lipinski definition) is 0. The number of benzene rings is 2. The lowest BCUT2D eigenvalue weighted by Gasteiger charge is -2.38. The summed E-state index contributed by atoms with van der Waals surface area (Å²) in [7, 11) is 2.08. The lowest BCUT2D eigenvalue weighted by molar-refractivity contribution is 0.170. The van der Waals surface area contributed by atoms with Crippen LogP contribution in [0.1, 0.15) is 50.8 Å². The summed E-state index contributed by atoms with van der Waals surface area (Å²) in [4.78, 5) is 13.6. The number of aromatic nitrogens is 2. The molecule has 0 radical (unpaired) electrons. The summed E-state index contributed by atoms with van der Waals surface area (Å²) in [5.41, 5.74) is 6.57. The summed E-state index contributed by atoms with van der Waals surface area (Å²) in [6, 6.07) is 18.7. The van der Waals surface area contributed by atoms with E-state index in [1.165, 1.54) is 17.7 Å². The molecule has 3 aromatic rings. The summed E-state index contributed by atoms with van der Waals surface area (Å²) in [6.45, 7) is 7.20. The van der Waals surface area contributed by atoms with E-state index >= 15 is 0 Å². The molecule has 3 nitrogen and oxygen atoms in total. The van der Waals surface area contributed by atoms with Crippen LogP contribution in [0.5, 0.6) is 0 Å². The smallest absolute Gasteiger partial charge is 0.275 e. The molecule has 0 amide bonds. The minimum Gasteiger partial charge on any atom is -0.284 e. The van der Waals surface area contributed by atoms with Gasteiger partial charge in [-0.2, -0.15) is 0 Å². The lowest BCUT2D eigenvalue weighted by atomic mass is 9.65. The first-order valence-electron chi connectivity index (χ1n) is 10.3. The normalized spacial score (nSPS) is 30.9. The van der Waals surface area contributed by atoms with E-state index in [2.05, 4.69) is 81.0 Å². The Kier molecular flexibility index (Phi) is 2.76. The van der Waals surface area contributed by atoms with Crippen molar-refractivity contribution in [2.24, 2.45) is 17.9 Å². The molecule has 2 fully saturated rings. The minimum atomic E-state index is 0.119. The molecule has 1 unspecified atom stereocenters. The fourth-order valence-electron chi connectivity index (χ4n) is 7.33. The average molecular weight is 370 g/mol. The van der Waals surface area contributed by atoms with Crippen LogP contribution in [-0.2, 0) is 12.5 Å². The second-order valence-electron chi connectivity index (χ2n) is 9.63. The minimum absolute atomic E-state index is 0.119. The summed E-state index contributed by atoms with van der Waals surface area (Å²) in [6.07, 6.45) is 2.42. The third-order valence-electron chi connectivity index (χ3n) is 8.94. The highest BCUT2D eigenvalue weighted by Crippen LogP contribution is 2.92. The van der Waals surface area contributed by atoms with Gasteiger partial charge in [0.1, 0.15) is 0 Å². The predicted octanol–water partition coefficient (Wildman–Crippen LogP) is 5.02. The van der Waals surface area contributed by atoms with Gasteiger partial charge in [-0.25, -0.2) is 4.68 Å². The topological polar surface area (TPSA) is 26.9 Å². The van der Waals surface area contributed by atoms with Gasteiger partial charge in [0.25, 0.3) is 5.56 Å². The van der Waals surface area contributed by atoms with Crippen LogP contribution in [0.3, 0.4) is 0 Å². The Morgan fingerprint density at radius 2 is 1.68 bits per heavy atom. The molecule has 0 N–H and O–H groups in total. The molecule has 3 aliphatic carbocycles. The molecule has 1 spiro atoms. The van der Waals surface area contributed by atoms with E-state index < -0.39 is 0 Å². The summed E-state index contributed by atoms with van der Waals surface area (Å²) in [5.74, 6) is 0.444. The van der Waals surface area contributed by atoms with Crippen LogP contribution in [0.15, 0.2) is 59.4 Å². The van der Waals surface area contributed by atoms with Crippen molar-refractivity contribution in [3.8, 4) is 16.8 Å². The molecule has 3 heteroatoms. The molecule has 3 atom stereocenters. The monoisotopic (exact) mass is 370 g/mol. The molecule has 0 saturated heterocycles. The molecule has 142 valence electrons.